The molecule has 43 heavy (non-hydrogen) atoms. The number of anilines is 2. The molecule has 10 nitrogen and oxygen atoms in total. The van der Waals surface area contributed by atoms with Gasteiger partial charge in [0.2, 0.25) is 0 Å². The quantitative estimate of drug-likeness (QED) is 0.338. The highest BCUT2D eigenvalue weighted by Gasteiger charge is 2.49. The maximum Gasteiger partial charge on any atom is 0.433 e. The zero-order valence-electron chi connectivity index (χ0n) is 24.5. The molecule has 0 atom stereocenters. The van der Waals surface area contributed by atoms with Crippen LogP contribution >= 0.6 is 0 Å². The van der Waals surface area contributed by atoms with Crippen molar-refractivity contribution >= 4 is 17.3 Å². The molecule has 0 amide bonds. The fourth-order valence-electron chi connectivity index (χ4n) is 6.68. The van der Waals surface area contributed by atoms with Gasteiger partial charge in [-0.3, -0.25) is 9.67 Å². The zero-order valence-corrected chi connectivity index (χ0v) is 24.5. The van der Waals surface area contributed by atoms with E-state index < -0.39 is 11.9 Å². The van der Waals surface area contributed by atoms with E-state index in [9.17, 15) is 18.4 Å². The number of piperidine rings is 1. The number of alkyl halides is 3. The van der Waals surface area contributed by atoms with Crippen LogP contribution in [0.4, 0.5) is 24.8 Å². The highest BCUT2D eigenvalue weighted by Crippen LogP contribution is 2.45. The van der Waals surface area contributed by atoms with E-state index in [2.05, 4.69) is 36.6 Å². The third kappa shape index (κ3) is 5.73. The summed E-state index contributed by atoms with van der Waals surface area (Å²) in [5, 5.41) is 20.7. The van der Waals surface area contributed by atoms with Gasteiger partial charge < -0.3 is 25.4 Å². The molecule has 228 valence electrons. The van der Waals surface area contributed by atoms with Crippen molar-refractivity contribution in [2.45, 2.75) is 69.4 Å². The van der Waals surface area contributed by atoms with Gasteiger partial charge in [-0.1, -0.05) is 6.92 Å². The van der Waals surface area contributed by atoms with Crippen molar-refractivity contribution in [2.75, 3.05) is 43.6 Å². The van der Waals surface area contributed by atoms with Gasteiger partial charge in [0.15, 0.2) is 0 Å². The molecular formula is C30H37F3N10. The first-order chi connectivity index (χ1) is 20.7. The monoisotopic (exact) mass is 594 g/mol. The van der Waals surface area contributed by atoms with E-state index in [1.54, 1.807) is 6.07 Å². The van der Waals surface area contributed by atoms with Crippen LogP contribution in [0, 0.1) is 11.3 Å². The van der Waals surface area contributed by atoms with Gasteiger partial charge in [-0.05, 0) is 56.0 Å². The number of fused-ring (bicyclic) bond motifs is 1. The molecule has 2 aliphatic heterocycles. The molecule has 2 fully saturated rings. The fourth-order valence-corrected chi connectivity index (χ4v) is 6.68. The summed E-state index contributed by atoms with van der Waals surface area (Å²) in [6, 6.07) is 7.70. The second kappa shape index (κ2) is 11.7. The molecule has 0 radical (unpaired) electrons. The molecule has 0 unspecified atom stereocenters. The summed E-state index contributed by atoms with van der Waals surface area (Å²) < 4.78 is 42.8. The van der Waals surface area contributed by atoms with Crippen LogP contribution in [-0.4, -0.2) is 75.8 Å². The van der Waals surface area contributed by atoms with E-state index in [0.717, 1.165) is 67.5 Å². The average Bonchev–Trinajstić information content (AvgIpc) is 3.67. The third-order valence-corrected chi connectivity index (χ3v) is 9.14. The van der Waals surface area contributed by atoms with E-state index in [0.29, 0.717) is 43.6 Å². The van der Waals surface area contributed by atoms with Gasteiger partial charge in [0, 0.05) is 62.3 Å². The number of aromatic amines is 1. The summed E-state index contributed by atoms with van der Waals surface area (Å²) in [7, 11) is 1.85. The Bertz CT molecular complexity index is 1500. The lowest BCUT2D eigenvalue weighted by atomic mass is 9.69. The van der Waals surface area contributed by atoms with Crippen LogP contribution in [0.1, 0.15) is 61.4 Å². The van der Waals surface area contributed by atoms with Gasteiger partial charge in [0.1, 0.15) is 24.0 Å². The van der Waals surface area contributed by atoms with Crippen LogP contribution in [0.5, 0.6) is 0 Å². The highest BCUT2D eigenvalue weighted by atomic mass is 19.4. The van der Waals surface area contributed by atoms with Crippen LogP contribution in [0.25, 0.3) is 0 Å². The first kappa shape index (κ1) is 29.2. The number of aromatic nitrogens is 4. The number of rotatable bonds is 9. The number of nitrogens with zero attached hydrogens (tertiary/aromatic N) is 7. The normalized spacial score (nSPS) is 22.7. The van der Waals surface area contributed by atoms with Crippen molar-refractivity contribution in [3.05, 3.63) is 59.2 Å². The van der Waals surface area contributed by atoms with Crippen LogP contribution in [0.15, 0.2) is 41.8 Å². The van der Waals surface area contributed by atoms with Crippen molar-refractivity contribution in [3.8, 4) is 6.07 Å². The highest BCUT2D eigenvalue weighted by molar-refractivity contribution is 6.16. The van der Waals surface area contributed by atoms with E-state index in [4.69, 9.17) is 5.10 Å². The minimum Gasteiger partial charge on any atom is -0.357 e. The number of H-pyrrole nitrogens is 1. The summed E-state index contributed by atoms with van der Waals surface area (Å²) in [4.78, 5) is 16.2. The lowest BCUT2D eigenvalue weighted by Crippen LogP contribution is -2.58. The topological polar surface area (TPSA) is 113 Å². The molecule has 3 aromatic rings. The van der Waals surface area contributed by atoms with Crippen LogP contribution < -0.4 is 15.5 Å². The van der Waals surface area contributed by atoms with Gasteiger partial charge in [-0.2, -0.15) is 23.5 Å². The first-order valence-electron chi connectivity index (χ1n) is 14.8. The Morgan fingerprint density at radius 2 is 2.02 bits per heavy atom. The SMILES string of the molecule is CCNCc1cc(N(C)C2CCN(C3CC(CC#N)(n4cc(C5=NCNc6[nH]ccc65)cn4)C3)CC2)nc(C(F)(F)F)c1. The van der Waals surface area contributed by atoms with E-state index in [1.807, 2.05) is 48.2 Å². The third-order valence-electron chi connectivity index (χ3n) is 9.14. The molecule has 0 aromatic carbocycles. The van der Waals surface area contributed by atoms with E-state index in [-0.39, 0.29) is 11.6 Å². The number of nitrogens with one attached hydrogen (secondary N) is 3. The molecule has 3 aliphatic rings. The smallest absolute Gasteiger partial charge is 0.357 e. The van der Waals surface area contributed by atoms with Crippen molar-refractivity contribution in [1.82, 2.24) is 30.0 Å². The summed E-state index contributed by atoms with van der Waals surface area (Å²) >= 11 is 0. The predicted octanol–water partition coefficient (Wildman–Crippen LogP) is 4.33. The molecular weight excluding hydrogens is 557 g/mol. The van der Waals surface area contributed by atoms with Crippen LogP contribution in [-0.2, 0) is 18.3 Å². The number of halogens is 3. The van der Waals surface area contributed by atoms with Gasteiger partial charge in [-0.25, -0.2) is 4.98 Å². The minimum absolute atomic E-state index is 0.0981. The second-order valence-corrected chi connectivity index (χ2v) is 11.8. The maximum absolute atomic E-state index is 13.6. The zero-order chi connectivity index (χ0) is 30.2. The van der Waals surface area contributed by atoms with Crippen LogP contribution in [0.3, 0.4) is 0 Å². The minimum atomic E-state index is -4.50. The van der Waals surface area contributed by atoms with Gasteiger partial charge in [0.05, 0.1) is 29.9 Å². The van der Waals surface area contributed by atoms with Gasteiger partial charge in [-0.15, -0.1) is 0 Å². The maximum atomic E-state index is 13.6. The number of hydrogen-bond acceptors (Lipinski definition) is 8. The summed E-state index contributed by atoms with van der Waals surface area (Å²) in [6.07, 6.45) is 4.93. The first-order valence-corrected chi connectivity index (χ1v) is 14.8. The van der Waals surface area contributed by atoms with E-state index >= 15 is 0 Å². The second-order valence-electron chi connectivity index (χ2n) is 11.8. The summed E-state index contributed by atoms with van der Waals surface area (Å²) in [5.41, 5.74) is 2.20. The Hall–Kier alpha value is -3.89. The Kier molecular flexibility index (Phi) is 7.91. The summed E-state index contributed by atoms with van der Waals surface area (Å²) in [6.45, 7) is 5.14. The Morgan fingerprint density at radius 3 is 2.74 bits per heavy atom. The molecule has 0 bridgehead atoms. The molecule has 3 N–H and O–H groups in total. The average molecular weight is 595 g/mol. The number of aliphatic imine (C=N–C) groups is 1. The fraction of sp³-hybridized carbons (Fsp3) is 0.533. The van der Waals surface area contributed by atoms with E-state index in [1.165, 1.54) is 0 Å². The molecule has 1 saturated heterocycles. The number of nitriles is 1. The summed E-state index contributed by atoms with van der Waals surface area (Å²) in [5.74, 6) is 1.30. The Balaban J connectivity index is 1.09. The number of pyridine rings is 1. The van der Waals surface area contributed by atoms with Gasteiger partial charge >= 0.3 is 6.18 Å². The lowest BCUT2D eigenvalue weighted by Gasteiger charge is -2.52. The van der Waals surface area contributed by atoms with Gasteiger partial charge in [0.25, 0.3) is 0 Å². The van der Waals surface area contributed by atoms with Crippen molar-refractivity contribution in [2.24, 2.45) is 4.99 Å². The molecule has 5 heterocycles. The predicted molar refractivity (Wildman–Crippen MR) is 158 cm³/mol. The standard InChI is InChI=1S/C30H37F3N10/c1-3-35-16-20-12-25(30(31,32)33)40-26(13-20)41(2)22-5-10-42(11-6-22)23-14-29(15-23,7-8-34)43-18-21(17-39-43)27-24-4-9-36-28(24)38-19-37-27/h4,9,12-13,17-18,22-23,35-36,38H,3,5-7,10-11,14-16,19H2,1-2H3. The molecule has 1 aliphatic carbocycles. The Labute approximate surface area is 249 Å². The number of hydrogen-bond donors (Lipinski definition) is 3. The largest absolute Gasteiger partial charge is 0.433 e. The van der Waals surface area contributed by atoms with Crippen molar-refractivity contribution < 1.29 is 13.2 Å². The molecule has 13 heteroatoms. The molecule has 3 aromatic heterocycles. The lowest BCUT2D eigenvalue weighted by molar-refractivity contribution is -0.141. The number of likely N-dealkylation sites (tertiary alicyclic amines) is 1. The molecule has 0 spiro atoms. The molecule has 1 saturated carbocycles. The van der Waals surface area contributed by atoms with Crippen molar-refractivity contribution in [1.29, 1.82) is 5.26 Å². The Morgan fingerprint density at radius 1 is 1.23 bits per heavy atom. The van der Waals surface area contributed by atoms with Crippen LogP contribution in [0.2, 0.25) is 0 Å². The van der Waals surface area contributed by atoms with Crippen molar-refractivity contribution in [3.63, 3.8) is 0 Å². The molecule has 6 rings (SSSR count).